The van der Waals surface area contributed by atoms with Crippen LogP contribution < -0.4 is 0 Å². The lowest BCUT2D eigenvalue weighted by Crippen LogP contribution is -2.37. The summed E-state index contributed by atoms with van der Waals surface area (Å²) in [4.78, 5) is 2.46. The molecule has 2 nitrogen and oxygen atoms in total. The monoisotopic (exact) mass is 269 g/mol. The molecule has 0 aromatic rings. The Hall–Kier alpha value is 0.850. The van der Waals surface area contributed by atoms with Crippen molar-refractivity contribution in [2.75, 3.05) is 44.4 Å². The van der Waals surface area contributed by atoms with E-state index < -0.39 is 4.33 Å². The first-order valence-electron chi connectivity index (χ1n) is 5.44. The molecule has 0 amide bonds. The number of hydrogen-bond donors (Lipinski definition) is 0. The van der Waals surface area contributed by atoms with E-state index in [-0.39, 0.29) is 0 Å². The third kappa shape index (κ3) is 3.97. The number of rotatable bonds is 5. The zero-order valence-electron chi connectivity index (χ0n) is 8.75. The maximum atomic E-state index is 5.96. The highest BCUT2D eigenvalue weighted by molar-refractivity contribution is 7.99. The third-order valence-corrected chi connectivity index (χ3v) is 4.97. The maximum absolute atomic E-state index is 5.96. The van der Waals surface area contributed by atoms with Crippen LogP contribution in [0.2, 0.25) is 0 Å². The van der Waals surface area contributed by atoms with Gasteiger partial charge in [0.05, 0.1) is 13.2 Å². The lowest BCUT2D eigenvalue weighted by atomic mass is 10.4. The van der Waals surface area contributed by atoms with E-state index in [9.17, 15) is 0 Å². The minimum atomic E-state index is -0.397. The number of morpholine rings is 1. The van der Waals surface area contributed by atoms with Crippen LogP contribution >= 0.6 is 35.0 Å². The molecule has 1 saturated carbocycles. The van der Waals surface area contributed by atoms with Gasteiger partial charge >= 0.3 is 0 Å². The highest BCUT2D eigenvalue weighted by Gasteiger charge is 2.50. The molecule has 1 atom stereocenters. The predicted octanol–water partition coefficient (Wildman–Crippen LogP) is 2.25. The Labute approximate surface area is 106 Å². The summed E-state index contributed by atoms with van der Waals surface area (Å²) < 4.78 is 4.90. The fourth-order valence-corrected chi connectivity index (χ4v) is 3.65. The van der Waals surface area contributed by atoms with Gasteiger partial charge in [-0.2, -0.15) is 11.8 Å². The van der Waals surface area contributed by atoms with Crippen molar-refractivity contribution in [3.05, 3.63) is 0 Å². The van der Waals surface area contributed by atoms with Crippen molar-refractivity contribution in [2.45, 2.75) is 10.8 Å². The Morgan fingerprint density at radius 3 is 2.60 bits per heavy atom. The SMILES string of the molecule is ClC1(Cl)CC1CSCCN1CCOCC1. The number of ether oxygens (including phenoxy) is 1. The molecule has 1 aliphatic heterocycles. The summed E-state index contributed by atoms with van der Waals surface area (Å²) >= 11 is 13.9. The van der Waals surface area contributed by atoms with Crippen molar-refractivity contribution in [1.82, 2.24) is 4.90 Å². The average Bonchev–Trinajstić information content (AvgIpc) is 2.83. The van der Waals surface area contributed by atoms with Crippen LogP contribution in [0.4, 0.5) is 0 Å². The quantitative estimate of drug-likeness (QED) is 0.561. The zero-order chi connectivity index (χ0) is 10.7. The predicted molar refractivity (Wildman–Crippen MR) is 67.1 cm³/mol. The van der Waals surface area contributed by atoms with E-state index in [1.807, 2.05) is 11.8 Å². The molecule has 88 valence electrons. The van der Waals surface area contributed by atoms with Gasteiger partial charge in [0.25, 0.3) is 0 Å². The third-order valence-electron chi connectivity index (χ3n) is 2.93. The summed E-state index contributed by atoms with van der Waals surface area (Å²) in [6.07, 6.45) is 0.973. The molecule has 0 aromatic carbocycles. The first kappa shape index (κ1) is 12.3. The van der Waals surface area contributed by atoms with Gasteiger partial charge in [0, 0.05) is 31.3 Å². The lowest BCUT2D eigenvalue weighted by molar-refractivity contribution is 0.0410. The van der Waals surface area contributed by atoms with E-state index in [1.165, 1.54) is 5.75 Å². The van der Waals surface area contributed by atoms with Crippen molar-refractivity contribution < 1.29 is 4.74 Å². The molecule has 1 saturated heterocycles. The van der Waals surface area contributed by atoms with Crippen LogP contribution in [-0.4, -0.2) is 53.6 Å². The average molecular weight is 270 g/mol. The number of thioether (sulfide) groups is 1. The highest BCUT2D eigenvalue weighted by Crippen LogP contribution is 2.54. The number of alkyl halides is 2. The van der Waals surface area contributed by atoms with Gasteiger partial charge in [-0.25, -0.2) is 0 Å². The van der Waals surface area contributed by atoms with E-state index in [4.69, 9.17) is 27.9 Å². The van der Waals surface area contributed by atoms with E-state index in [0.29, 0.717) is 5.92 Å². The Morgan fingerprint density at radius 2 is 2.00 bits per heavy atom. The van der Waals surface area contributed by atoms with Gasteiger partial charge in [-0.1, -0.05) is 0 Å². The summed E-state index contributed by atoms with van der Waals surface area (Å²) in [6, 6.07) is 0. The molecule has 0 bridgehead atoms. The van der Waals surface area contributed by atoms with Crippen LogP contribution in [0.15, 0.2) is 0 Å². The van der Waals surface area contributed by atoms with Gasteiger partial charge in [0.15, 0.2) is 0 Å². The Kier molecular flexibility index (Phi) is 4.48. The Balaban J connectivity index is 1.48. The van der Waals surface area contributed by atoms with Crippen LogP contribution in [-0.2, 0) is 4.74 Å². The number of hydrogen-bond acceptors (Lipinski definition) is 3. The largest absolute Gasteiger partial charge is 0.379 e. The molecule has 0 radical (unpaired) electrons. The number of halogens is 2. The Morgan fingerprint density at radius 1 is 1.33 bits per heavy atom. The van der Waals surface area contributed by atoms with E-state index in [2.05, 4.69) is 4.90 Å². The fourth-order valence-electron chi connectivity index (χ4n) is 1.69. The van der Waals surface area contributed by atoms with Crippen molar-refractivity contribution in [1.29, 1.82) is 0 Å². The van der Waals surface area contributed by atoms with Crippen molar-refractivity contribution in [2.24, 2.45) is 5.92 Å². The molecule has 2 rings (SSSR count). The van der Waals surface area contributed by atoms with Gasteiger partial charge in [0.2, 0.25) is 0 Å². The van der Waals surface area contributed by atoms with Crippen molar-refractivity contribution >= 4 is 35.0 Å². The van der Waals surface area contributed by atoms with Gasteiger partial charge in [-0.05, 0) is 12.2 Å². The molecule has 1 heterocycles. The van der Waals surface area contributed by atoms with E-state index >= 15 is 0 Å². The van der Waals surface area contributed by atoms with Crippen LogP contribution in [0.1, 0.15) is 6.42 Å². The van der Waals surface area contributed by atoms with Crippen LogP contribution in [0.5, 0.6) is 0 Å². The number of nitrogens with zero attached hydrogens (tertiary/aromatic N) is 1. The zero-order valence-corrected chi connectivity index (χ0v) is 11.1. The molecule has 0 N–H and O–H groups in total. The lowest BCUT2D eigenvalue weighted by Gasteiger charge is -2.26. The Bertz CT molecular complexity index is 210. The summed E-state index contributed by atoms with van der Waals surface area (Å²) in [6.45, 7) is 5.11. The molecule has 2 fully saturated rings. The molecule has 0 spiro atoms. The van der Waals surface area contributed by atoms with E-state index in [0.717, 1.165) is 45.0 Å². The van der Waals surface area contributed by atoms with Crippen LogP contribution in [0.3, 0.4) is 0 Å². The van der Waals surface area contributed by atoms with Crippen LogP contribution in [0.25, 0.3) is 0 Å². The first-order chi connectivity index (χ1) is 7.18. The first-order valence-corrected chi connectivity index (χ1v) is 7.35. The molecule has 15 heavy (non-hydrogen) atoms. The second-order valence-corrected chi connectivity index (χ2v) is 6.88. The molecular weight excluding hydrogens is 253 g/mol. The molecule has 1 unspecified atom stereocenters. The second-order valence-electron chi connectivity index (χ2n) is 4.19. The molecule has 5 heteroatoms. The summed E-state index contributed by atoms with van der Waals surface area (Å²) in [7, 11) is 0. The minimum Gasteiger partial charge on any atom is -0.379 e. The normalized spacial score (nSPS) is 30.4. The van der Waals surface area contributed by atoms with Gasteiger partial charge in [-0.3, -0.25) is 4.90 Å². The summed E-state index contributed by atoms with van der Waals surface area (Å²) in [5.41, 5.74) is 0. The van der Waals surface area contributed by atoms with Gasteiger partial charge < -0.3 is 4.74 Å². The maximum Gasteiger partial charge on any atom is 0.122 e. The minimum absolute atomic E-state index is 0.397. The van der Waals surface area contributed by atoms with E-state index in [1.54, 1.807) is 0 Å². The highest BCUT2D eigenvalue weighted by atomic mass is 35.5. The molecular formula is C10H17Cl2NOS. The van der Waals surface area contributed by atoms with Crippen molar-refractivity contribution in [3.63, 3.8) is 0 Å². The molecule has 1 aliphatic carbocycles. The summed E-state index contributed by atoms with van der Waals surface area (Å²) in [5.74, 6) is 2.81. The smallest absolute Gasteiger partial charge is 0.122 e. The topological polar surface area (TPSA) is 12.5 Å². The van der Waals surface area contributed by atoms with Crippen LogP contribution in [0, 0.1) is 5.92 Å². The van der Waals surface area contributed by atoms with Gasteiger partial charge in [-0.15, -0.1) is 23.2 Å². The van der Waals surface area contributed by atoms with Gasteiger partial charge in [0.1, 0.15) is 4.33 Å². The molecule has 2 aliphatic rings. The summed E-state index contributed by atoms with van der Waals surface area (Å²) in [5, 5.41) is 0. The van der Waals surface area contributed by atoms with Crippen molar-refractivity contribution in [3.8, 4) is 0 Å². The second kappa shape index (κ2) is 5.46. The fraction of sp³-hybridized carbons (Fsp3) is 1.00. The molecule has 0 aromatic heterocycles. The standard InChI is InChI=1S/C10H17Cl2NOS/c11-10(12)7-9(10)8-15-6-3-13-1-4-14-5-2-13/h9H,1-8H2.